The summed E-state index contributed by atoms with van der Waals surface area (Å²) in [7, 11) is 0. The molecule has 0 fully saturated rings. The van der Waals surface area contributed by atoms with Gasteiger partial charge in [0, 0.05) is 0 Å². The Morgan fingerprint density at radius 3 is 2.71 bits per heavy atom. The second-order valence-corrected chi connectivity index (χ2v) is 6.78. The molecule has 1 aliphatic rings. The molecule has 110 valence electrons. The van der Waals surface area contributed by atoms with Crippen molar-refractivity contribution in [3.8, 4) is 0 Å². The molecular formula is C20H25N. The Morgan fingerprint density at radius 1 is 1.10 bits per heavy atom. The molecule has 0 saturated heterocycles. The molecule has 0 heterocycles. The van der Waals surface area contributed by atoms with Crippen molar-refractivity contribution in [2.75, 3.05) is 0 Å². The average molecular weight is 279 g/mol. The van der Waals surface area contributed by atoms with Crippen LogP contribution in [-0.2, 0) is 18.4 Å². The maximum atomic E-state index is 6.89. The molecule has 0 amide bonds. The van der Waals surface area contributed by atoms with Crippen LogP contribution in [0.1, 0.15) is 48.9 Å². The van der Waals surface area contributed by atoms with Crippen molar-refractivity contribution in [2.45, 2.75) is 45.1 Å². The Hall–Kier alpha value is -1.60. The molecule has 2 aromatic rings. The van der Waals surface area contributed by atoms with Gasteiger partial charge in [-0.05, 0) is 53.9 Å². The molecular weight excluding hydrogens is 254 g/mol. The molecule has 3 rings (SSSR count). The highest BCUT2D eigenvalue weighted by molar-refractivity contribution is 5.45. The highest BCUT2D eigenvalue weighted by Gasteiger charge is 2.34. The van der Waals surface area contributed by atoms with E-state index in [1.807, 2.05) is 0 Å². The normalized spacial score (nSPS) is 21.3. The maximum absolute atomic E-state index is 6.89. The lowest BCUT2D eigenvalue weighted by atomic mass is 9.73. The standard InChI is InChI=1S/C20H25N/c1-15(2)13-16-7-5-10-18(14-16)20(21)12-6-9-17-8-3-4-11-19(17)20/h3-5,7-8,10-11,14-15H,6,9,12-13,21H2,1-2H3. The van der Waals surface area contributed by atoms with Crippen LogP contribution in [0.4, 0.5) is 0 Å². The highest BCUT2D eigenvalue weighted by Crippen LogP contribution is 2.38. The van der Waals surface area contributed by atoms with E-state index in [-0.39, 0.29) is 5.54 Å². The number of nitrogens with two attached hydrogens (primary N) is 1. The Labute approximate surface area is 128 Å². The molecule has 0 radical (unpaired) electrons. The summed E-state index contributed by atoms with van der Waals surface area (Å²) < 4.78 is 0. The van der Waals surface area contributed by atoms with E-state index >= 15 is 0 Å². The fourth-order valence-electron chi connectivity index (χ4n) is 3.61. The minimum Gasteiger partial charge on any atom is -0.318 e. The van der Waals surface area contributed by atoms with Crippen LogP contribution >= 0.6 is 0 Å². The summed E-state index contributed by atoms with van der Waals surface area (Å²) >= 11 is 0. The van der Waals surface area contributed by atoms with Crippen LogP contribution in [0, 0.1) is 5.92 Å². The molecule has 1 unspecified atom stereocenters. The molecule has 2 N–H and O–H groups in total. The van der Waals surface area contributed by atoms with Crippen LogP contribution in [0.5, 0.6) is 0 Å². The lowest BCUT2D eigenvalue weighted by Gasteiger charge is -2.36. The van der Waals surface area contributed by atoms with Gasteiger partial charge in [0.2, 0.25) is 0 Å². The second kappa shape index (κ2) is 5.65. The Balaban J connectivity index is 2.04. The third kappa shape index (κ3) is 2.75. The molecule has 0 spiro atoms. The first kappa shape index (κ1) is 14.3. The van der Waals surface area contributed by atoms with Crippen molar-refractivity contribution >= 4 is 0 Å². The lowest BCUT2D eigenvalue weighted by molar-refractivity contribution is 0.442. The zero-order valence-corrected chi connectivity index (χ0v) is 13.1. The van der Waals surface area contributed by atoms with Gasteiger partial charge in [-0.3, -0.25) is 0 Å². The van der Waals surface area contributed by atoms with Gasteiger partial charge in [-0.2, -0.15) is 0 Å². The third-order valence-electron chi connectivity index (χ3n) is 4.60. The van der Waals surface area contributed by atoms with Crippen molar-refractivity contribution in [3.05, 3.63) is 70.8 Å². The molecule has 1 aliphatic carbocycles. The van der Waals surface area contributed by atoms with E-state index in [2.05, 4.69) is 62.4 Å². The van der Waals surface area contributed by atoms with Crippen LogP contribution in [0.25, 0.3) is 0 Å². The van der Waals surface area contributed by atoms with E-state index < -0.39 is 0 Å². The van der Waals surface area contributed by atoms with Crippen molar-refractivity contribution in [3.63, 3.8) is 0 Å². The summed E-state index contributed by atoms with van der Waals surface area (Å²) in [6, 6.07) is 17.6. The van der Waals surface area contributed by atoms with Gasteiger partial charge in [-0.25, -0.2) is 0 Å². The third-order valence-corrected chi connectivity index (χ3v) is 4.60. The molecule has 0 aliphatic heterocycles. The van der Waals surface area contributed by atoms with Gasteiger partial charge in [0.05, 0.1) is 5.54 Å². The molecule has 21 heavy (non-hydrogen) atoms. The average Bonchev–Trinajstić information content (AvgIpc) is 2.47. The quantitative estimate of drug-likeness (QED) is 0.884. The van der Waals surface area contributed by atoms with Crippen molar-refractivity contribution in [2.24, 2.45) is 11.7 Å². The van der Waals surface area contributed by atoms with Gasteiger partial charge >= 0.3 is 0 Å². The Morgan fingerprint density at radius 2 is 1.90 bits per heavy atom. The summed E-state index contributed by atoms with van der Waals surface area (Å²) in [5.74, 6) is 0.674. The number of benzene rings is 2. The largest absolute Gasteiger partial charge is 0.318 e. The van der Waals surface area contributed by atoms with Gasteiger partial charge in [0.15, 0.2) is 0 Å². The summed E-state index contributed by atoms with van der Waals surface area (Å²) in [6.45, 7) is 4.53. The first-order chi connectivity index (χ1) is 10.1. The maximum Gasteiger partial charge on any atom is 0.0668 e. The Kier molecular flexibility index (Phi) is 3.86. The molecule has 1 heteroatoms. The van der Waals surface area contributed by atoms with Gasteiger partial charge in [-0.15, -0.1) is 0 Å². The summed E-state index contributed by atoms with van der Waals surface area (Å²) in [4.78, 5) is 0. The number of rotatable bonds is 3. The van der Waals surface area contributed by atoms with Crippen LogP contribution in [0.15, 0.2) is 48.5 Å². The summed E-state index contributed by atoms with van der Waals surface area (Å²) in [5, 5.41) is 0. The van der Waals surface area contributed by atoms with Crippen molar-refractivity contribution < 1.29 is 0 Å². The molecule has 2 aromatic carbocycles. The number of fused-ring (bicyclic) bond motifs is 1. The zero-order chi connectivity index (χ0) is 14.9. The van der Waals surface area contributed by atoms with E-state index in [1.165, 1.54) is 28.7 Å². The van der Waals surface area contributed by atoms with E-state index in [0.717, 1.165) is 19.3 Å². The topological polar surface area (TPSA) is 26.0 Å². The molecule has 1 nitrogen and oxygen atoms in total. The smallest absolute Gasteiger partial charge is 0.0668 e. The predicted octanol–water partition coefficient (Wildman–Crippen LogP) is 4.42. The summed E-state index contributed by atoms with van der Waals surface area (Å²) in [5.41, 5.74) is 12.0. The zero-order valence-electron chi connectivity index (χ0n) is 13.1. The van der Waals surface area contributed by atoms with Gasteiger partial charge < -0.3 is 5.73 Å². The molecule has 0 saturated carbocycles. The fourth-order valence-corrected chi connectivity index (χ4v) is 3.61. The molecule has 1 atom stereocenters. The van der Waals surface area contributed by atoms with Crippen LogP contribution in [0.2, 0.25) is 0 Å². The monoisotopic (exact) mass is 279 g/mol. The minimum atomic E-state index is -0.318. The van der Waals surface area contributed by atoms with Crippen LogP contribution in [0.3, 0.4) is 0 Å². The first-order valence-electron chi connectivity index (χ1n) is 8.06. The number of aryl methyl sites for hydroxylation is 1. The van der Waals surface area contributed by atoms with Crippen LogP contribution in [-0.4, -0.2) is 0 Å². The van der Waals surface area contributed by atoms with Crippen LogP contribution < -0.4 is 5.73 Å². The Bertz CT molecular complexity index is 629. The highest BCUT2D eigenvalue weighted by atomic mass is 14.8. The molecule has 0 bridgehead atoms. The lowest BCUT2D eigenvalue weighted by Crippen LogP contribution is -2.41. The summed E-state index contributed by atoms with van der Waals surface area (Å²) in [6.07, 6.45) is 4.48. The van der Waals surface area contributed by atoms with Gasteiger partial charge in [0.25, 0.3) is 0 Å². The second-order valence-electron chi connectivity index (χ2n) is 6.78. The van der Waals surface area contributed by atoms with Gasteiger partial charge in [-0.1, -0.05) is 62.4 Å². The number of hydrogen-bond donors (Lipinski definition) is 1. The fraction of sp³-hybridized carbons (Fsp3) is 0.400. The van der Waals surface area contributed by atoms with Crippen molar-refractivity contribution in [1.82, 2.24) is 0 Å². The van der Waals surface area contributed by atoms with E-state index in [1.54, 1.807) is 0 Å². The SMILES string of the molecule is CC(C)Cc1cccc(C2(N)CCCc3ccccc32)c1. The number of hydrogen-bond acceptors (Lipinski definition) is 1. The van der Waals surface area contributed by atoms with E-state index in [0.29, 0.717) is 5.92 Å². The van der Waals surface area contributed by atoms with Gasteiger partial charge in [0.1, 0.15) is 0 Å². The predicted molar refractivity (Wildman–Crippen MR) is 89.3 cm³/mol. The first-order valence-corrected chi connectivity index (χ1v) is 8.06. The minimum absolute atomic E-state index is 0.318. The molecule has 0 aromatic heterocycles. The van der Waals surface area contributed by atoms with E-state index in [4.69, 9.17) is 5.73 Å². The van der Waals surface area contributed by atoms with Crippen molar-refractivity contribution in [1.29, 1.82) is 0 Å². The van der Waals surface area contributed by atoms with E-state index in [9.17, 15) is 0 Å².